The summed E-state index contributed by atoms with van der Waals surface area (Å²) in [6.07, 6.45) is 0.730. The maximum absolute atomic E-state index is 11.6. The Morgan fingerprint density at radius 2 is 1.95 bits per heavy atom. The van der Waals surface area contributed by atoms with Crippen molar-refractivity contribution in [3.63, 3.8) is 0 Å². The van der Waals surface area contributed by atoms with E-state index in [9.17, 15) is 13.2 Å². The van der Waals surface area contributed by atoms with Crippen molar-refractivity contribution in [2.45, 2.75) is 13.3 Å². The summed E-state index contributed by atoms with van der Waals surface area (Å²) >= 11 is 0. The van der Waals surface area contributed by atoms with Gasteiger partial charge in [0.15, 0.2) is 0 Å². The number of urea groups is 1. The number of hydrogen-bond acceptors (Lipinski definition) is 5. The van der Waals surface area contributed by atoms with E-state index in [0.717, 1.165) is 6.42 Å². The van der Waals surface area contributed by atoms with Crippen LogP contribution in [0, 0.1) is 0 Å². The van der Waals surface area contributed by atoms with E-state index in [2.05, 4.69) is 5.32 Å². The predicted molar refractivity (Wildman–Crippen MR) is 77.0 cm³/mol. The van der Waals surface area contributed by atoms with Gasteiger partial charge in [0.05, 0.1) is 0 Å². The summed E-state index contributed by atoms with van der Waals surface area (Å²) in [6, 6.07) is 5.87. The lowest BCUT2D eigenvalue weighted by molar-refractivity contribution is 0.245. The molecule has 0 atom stereocenters. The average molecular weight is 301 g/mol. The number of nitrogen functional groups attached to an aromatic ring is 1. The van der Waals surface area contributed by atoms with Crippen molar-refractivity contribution in [3.05, 3.63) is 24.3 Å². The maximum Gasteiger partial charge on any atom is 0.328 e. The zero-order chi connectivity index (χ0) is 15.0. The molecular weight excluding hydrogens is 282 g/mol. The normalized spacial score (nSPS) is 10.8. The number of rotatable bonds is 7. The molecule has 0 saturated heterocycles. The van der Waals surface area contributed by atoms with Gasteiger partial charge in [-0.15, -0.1) is 0 Å². The summed E-state index contributed by atoms with van der Waals surface area (Å²) in [5.74, 6) is 0.210. The van der Waals surface area contributed by atoms with Crippen LogP contribution in [0.4, 0.5) is 10.5 Å². The molecule has 0 radical (unpaired) electrons. The van der Waals surface area contributed by atoms with Gasteiger partial charge in [0.2, 0.25) is 10.0 Å². The second-order valence-corrected chi connectivity index (χ2v) is 5.94. The molecule has 0 spiro atoms. The van der Waals surface area contributed by atoms with Crippen molar-refractivity contribution in [2.75, 3.05) is 24.6 Å². The van der Waals surface area contributed by atoms with Gasteiger partial charge in [-0.05, 0) is 30.7 Å². The lowest BCUT2D eigenvalue weighted by Gasteiger charge is -2.09. The van der Waals surface area contributed by atoms with Gasteiger partial charge in [-0.3, -0.25) is 0 Å². The van der Waals surface area contributed by atoms with Crippen LogP contribution in [0.25, 0.3) is 0 Å². The third-order valence-electron chi connectivity index (χ3n) is 2.28. The van der Waals surface area contributed by atoms with Crippen molar-refractivity contribution >= 4 is 21.7 Å². The van der Waals surface area contributed by atoms with E-state index in [1.807, 2.05) is 11.6 Å². The van der Waals surface area contributed by atoms with Crippen LogP contribution in [0.5, 0.6) is 5.75 Å². The first-order valence-electron chi connectivity index (χ1n) is 6.19. The van der Waals surface area contributed by atoms with Gasteiger partial charge in [0.1, 0.15) is 18.1 Å². The molecule has 2 amide bonds. The summed E-state index contributed by atoms with van der Waals surface area (Å²) in [5.41, 5.74) is 6.11. The van der Waals surface area contributed by atoms with E-state index >= 15 is 0 Å². The first-order valence-corrected chi connectivity index (χ1v) is 7.85. The van der Waals surface area contributed by atoms with Gasteiger partial charge in [-0.1, -0.05) is 6.92 Å². The third-order valence-corrected chi connectivity index (χ3v) is 3.49. The zero-order valence-corrected chi connectivity index (χ0v) is 12.1. The van der Waals surface area contributed by atoms with Gasteiger partial charge >= 0.3 is 6.03 Å². The molecule has 0 aliphatic rings. The van der Waals surface area contributed by atoms with E-state index in [1.165, 1.54) is 0 Å². The van der Waals surface area contributed by atoms with E-state index in [-0.39, 0.29) is 12.4 Å². The highest BCUT2D eigenvalue weighted by Gasteiger charge is 2.14. The number of ether oxygens (including phenoxy) is 1. The van der Waals surface area contributed by atoms with Crippen LogP contribution < -0.4 is 20.5 Å². The Morgan fingerprint density at radius 1 is 1.30 bits per heavy atom. The van der Waals surface area contributed by atoms with Gasteiger partial charge in [0, 0.05) is 12.2 Å². The molecule has 20 heavy (non-hydrogen) atoms. The smallest absolute Gasteiger partial charge is 0.328 e. The van der Waals surface area contributed by atoms with E-state index < -0.39 is 16.1 Å². The molecule has 112 valence electrons. The molecule has 0 saturated carbocycles. The average Bonchev–Trinajstić information content (AvgIpc) is 2.38. The van der Waals surface area contributed by atoms with Crippen LogP contribution in [0.3, 0.4) is 0 Å². The van der Waals surface area contributed by atoms with Gasteiger partial charge in [0.25, 0.3) is 0 Å². The molecule has 0 aromatic heterocycles. The molecule has 8 heteroatoms. The number of benzene rings is 1. The van der Waals surface area contributed by atoms with Crippen molar-refractivity contribution in [1.82, 2.24) is 10.0 Å². The SMILES string of the molecule is CCCNC(=O)NS(=O)(=O)CCOc1ccc(N)cc1. The van der Waals surface area contributed by atoms with E-state index in [4.69, 9.17) is 10.5 Å². The molecule has 0 aliphatic carbocycles. The Balaban J connectivity index is 2.36. The van der Waals surface area contributed by atoms with Crippen LogP contribution >= 0.6 is 0 Å². The summed E-state index contributed by atoms with van der Waals surface area (Å²) in [7, 11) is -3.70. The van der Waals surface area contributed by atoms with Gasteiger partial charge in [-0.25, -0.2) is 17.9 Å². The van der Waals surface area contributed by atoms with E-state index in [0.29, 0.717) is 18.0 Å². The first-order chi connectivity index (χ1) is 9.43. The molecule has 7 nitrogen and oxygen atoms in total. The molecule has 1 aromatic carbocycles. The molecule has 1 rings (SSSR count). The van der Waals surface area contributed by atoms with Gasteiger partial charge in [-0.2, -0.15) is 0 Å². The highest BCUT2D eigenvalue weighted by Crippen LogP contribution is 2.12. The number of hydrogen-bond donors (Lipinski definition) is 3. The molecule has 0 fully saturated rings. The fraction of sp³-hybridized carbons (Fsp3) is 0.417. The molecule has 1 aromatic rings. The molecule has 0 bridgehead atoms. The minimum Gasteiger partial charge on any atom is -0.492 e. The topological polar surface area (TPSA) is 111 Å². The number of amides is 2. The third kappa shape index (κ3) is 6.28. The molecule has 0 heterocycles. The fourth-order valence-electron chi connectivity index (χ4n) is 1.30. The largest absolute Gasteiger partial charge is 0.492 e. The summed E-state index contributed by atoms with van der Waals surface area (Å²) in [6.45, 7) is 2.23. The minimum absolute atomic E-state index is 0.0552. The van der Waals surface area contributed by atoms with Crippen LogP contribution in [0.1, 0.15) is 13.3 Å². The number of carbonyl (C=O) groups is 1. The van der Waals surface area contributed by atoms with Crippen molar-refractivity contribution < 1.29 is 17.9 Å². The lowest BCUT2D eigenvalue weighted by atomic mass is 10.3. The Morgan fingerprint density at radius 3 is 2.55 bits per heavy atom. The number of nitrogens with one attached hydrogen (secondary N) is 2. The van der Waals surface area contributed by atoms with Crippen LogP contribution in [0.2, 0.25) is 0 Å². The number of nitrogens with two attached hydrogens (primary N) is 1. The fourth-order valence-corrected chi connectivity index (χ4v) is 2.06. The Kier molecular flexibility index (Phi) is 6.10. The summed E-state index contributed by atoms with van der Waals surface area (Å²) in [4.78, 5) is 11.2. The Bertz CT molecular complexity index is 528. The summed E-state index contributed by atoms with van der Waals surface area (Å²) < 4.78 is 30.3. The second-order valence-electron chi connectivity index (χ2n) is 4.09. The molecule has 0 unspecified atom stereocenters. The monoisotopic (exact) mass is 301 g/mol. The molecular formula is C12H19N3O4S. The van der Waals surface area contributed by atoms with Crippen LogP contribution in [-0.4, -0.2) is 33.4 Å². The standard InChI is InChI=1S/C12H19N3O4S/c1-2-7-14-12(16)15-20(17,18)9-8-19-11-5-3-10(13)4-6-11/h3-6H,2,7-9,13H2,1H3,(H2,14,15,16). The van der Waals surface area contributed by atoms with E-state index in [1.54, 1.807) is 24.3 Å². The number of anilines is 1. The van der Waals surface area contributed by atoms with Crippen molar-refractivity contribution in [2.24, 2.45) is 0 Å². The number of sulfonamides is 1. The Labute approximate surface area is 118 Å². The van der Waals surface area contributed by atoms with Crippen LogP contribution in [0.15, 0.2) is 24.3 Å². The zero-order valence-electron chi connectivity index (χ0n) is 11.3. The number of carbonyl (C=O) groups excluding carboxylic acids is 1. The predicted octanol–water partition coefficient (Wildman–Crippen LogP) is 0.687. The highest BCUT2D eigenvalue weighted by molar-refractivity contribution is 7.90. The maximum atomic E-state index is 11.6. The second kappa shape index (κ2) is 7.59. The summed E-state index contributed by atoms with van der Waals surface area (Å²) in [5, 5.41) is 2.42. The molecule has 4 N–H and O–H groups in total. The van der Waals surface area contributed by atoms with Crippen LogP contribution in [-0.2, 0) is 10.0 Å². The first kappa shape index (κ1) is 16.1. The highest BCUT2D eigenvalue weighted by atomic mass is 32.2. The van der Waals surface area contributed by atoms with Gasteiger partial charge < -0.3 is 15.8 Å². The lowest BCUT2D eigenvalue weighted by Crippen LogP contribution is -2.41. The minimum atomic E-state index is -3.70. The quantitative estimate of drug-likeness (QED) is 0.642. The van der Waals surface area contributed by atoms with Crippen molar-refractivity contribution in [1.29, 1.82) is 0 Å². The Hall–Kier alpha value is -1.96. The molecule has 0 aliphatic heterocycles. The van der Waals surface area contributed by atoms with Crippen molar-refractivity contribution in [3.8, 4) is 5.75 Å².